The second-order valence-electron chi connectivity index (χ2n) is 4.80. The SMILES string of the molecule is Cl.Cl.FC(F)(F)c1ccc(-c2ccc3c(n2)CCNC3)cc1. The molecule has 0 spiro atoms. The molecule has 2 heterocycles. The van der Waals surface area contributed by atoms with Gasteiger partial charge in [0.1, 0.15) is 0 Å². The van der Waals surface area contributed by atoms with E-state index in [9.17, 15) is 13.2 Å². The maximum atomic E-state index is 12.5. The van der Waals surface area contributed by atoms with Crippen molar-refractivity contribution in [2.24, 2.45) is 0 Å². The van der Waals surface area contributed by atoms with Gasteiger partial charge in [0.05, 0.1) is 11.3 Å². The monoisotopic (exact) mass is 350 g/mol. The Morgan fingerprint density at radius 1 is 0.955 bits per heavy atom. The minimum absolute atomic E-state index is 0. The Balaban J connectivity index is 0.00000121. The molecule has 0 saturated carbocycles. The Kier molecular flexibility index (Phi) is 6.23. The van der Waals surface area contributed by atoms with Crippen LogP contribution in [0, 0.1) is 0 Å². The number of nitrogens with one attached hydrogen (secondary N) is 1. The van der Waals surface area contributed by atoms with Crippen LogP contribution in [0.15, 0.2) is 36.4 Å². The number of aromatic nitrogens is 1. The fourth-order valence-corrected chi connectivity index (χ4v) is 2.33. The van der Waals surface area contributed by atoms with Crippen LogP contribution in [0.25, 0.3) is 11.3 Å². The summed E-state index contributed by atoms with van der Waals surface area (Å²) in [6.45, 7) is 1.69. The number of benzene rings is 1. The lowest BCUT2D eigenvalue weighted by Gasteiger charge is -2.17. The van der Waals surface area contributed by atoms with Gasteiger partial charge in [0.25, 0.3) is 0 Å². The van der Waals surface area contributed by atoms with E-state index in [1.165, 1.54) is 12.1 Å². The average Bonchev–Trinajstić information content (AvgIpc) is 2.46. The largest absolute Gasteiger partial charge is 0.416 e. The molecule has 0 atom stereocenters. The number of hydrogen-bond donors (Lipinski definition) is 1. The maximum Gasteiger partial charge on any atom is 0.416 e. The highest BCUT2D eigenvalue weighted by Crippen LogP contribution is 2.30. The van der Waals surface area contributed by atoms with Gasteiger partial charge in [-0.2, -0.15) is 13.2 Å². The van der Waals surface area contributed by atoms with Crippen molar-refractivity contribution in [2.75, 3.05) is 6.54 Å². The standard InChI is InChI=1S/C15H13F3N2.2ClH/c16-15(17,18)12-4-1-10(2-5-12)13-6-3-11-9-19-8-7-14(11)20-13;;/h1-6,19H,7-9H2;2*1H. The lowest BCUT2D eigenvalue weighted by molar-refractivity contribution is -0.137. The van der Waals surface area contributed by atoms with Crippen molar-refractivity contribution >= 4 is 24.8 Å². The second kappa shape index (κ2) is 7.31. The minimum Gasteiger partial charge on any atom is -0.312 e. The summed E-state index contributed by atoms with van der Waals surface area (Å²) in [7, 11) is 0. The predicted molar refractivity (Wildman–Crippen MR) is 84.6 cm³/mol. The van der Waals surface area contributed by atoms with Gasteiger partial charge in [0, 0.05) is 30.8 Å². The zero-order valence-corrected chi connectivity index (χ0v) is 13.1. The third-order valence-electron chi connectivity index (χ3n) is 3.43. The molecule has 2 nitrogen and oxygen atoms in total. The summed E-state index contributed by atoms with van der Waals surface area (Å²) in [5.74, 6) is 0. The Bertz CT molecular complexity index is 628. The number of rotatable bonds is 1. The molecule has 120 valence electrons. The van der Waals surface area contributed by atoms with Crippen LogP contribution in [0.4, 0.5) is 13.2 Å². The molecular weight excluding hydrogens is 336 g/mol. The zero-order valence-electron chi connectivity index (χ0n) is 11.5. The van der Waals surface area contributed by atoms with Crippen molar-refractivity contribution in [2.45, 2.75) is 19.1 Å². The van der Waals surface area contributed by atoms with Crippen LogP contribution < -0.4 is 5.32 Å². The minimum atomic E-state index is -4.30. The molecule has 7 heteroatoms. The number of fused-ring (bicyclic) bond motifs is 1. The normalized spacial score (nSPS) is 13.6. The summed E-state index contributed by atoms with van der Waals surface area (Å²) in [4.78, 5) is 4.55. The fourth-order valence-electron chi connectivity index (χ4n) is 2.33. The molecule has 0 aliphatic carbocycles. The molecule has 0 radical (unpaired) electrons. The smallest absolute Gasteiger partial charge is 0.312 e. The molecule has 1 aliphatic heterocycles. The van der Waals surface area contributed by atoms with E-state index in [2.05, 4.69) is 10.3 Å². The molecule has 1 aromatic heterocycles. The van der Waals surface area contributed by atoms with E-state index in [4.69, 9.17) is 0 Å². The molecule has 0 amide bonds. The van der Waals surface area contributed by atoms with E-state index in [-0.39, 0.29) is 24.8 Å². The molecule has 1 aromatic carbocycles. The summed E-state index contributed by atoms with van der Waals surface area (Å²) >= 11 is 0. The van der Waals surface area contributed by atoms with Crippen molar-refractivity contribution in [3.8, 4) is 11.3 Å². The van der Waals surface area contributed by atoms with Crippen molar-refractivity contribution in [1.82, 2.24) is 10.3 Å². The third kappa shape index (κ3) is 3.91. The van der Waals surface area contributed by atoms with Crippen LogP contribution in [-0.2, 0) is 19.1 Å². The quantitative estimate of drug-likeness (QED) is 0.831. The molecule has 0 fully saturated rings. The molecule has 2 aromatic rings. The number of pyridine rings is 1. The van der Waals surface area contributed by atoms with Crippen molar-refractivity contribution in [1.29, 1.82) is 0 Å². The Morgan fingerprint density at radius 2 is 1.64 bits per heavy atom. The van der Waals surface area contributed by atoms with Gasteiger partial charge in [-0.25, -0.2) is 0 Å². The summed E-state index contributed by atoms with van der Waals surface area (Å²) in [6.07, 6.45) is -3.45. The first-order valence-electron chi connectivity index (χ1n) is 6.41. The molecule has 3 rings (SSSR count). The Morgan fingerprint density at radius 3 is 2.27 bits per heavy atom. The molecule has 0 unspecified atom stereocenters. The zero-order chi connectivity index (χ0) is 14.2. The van der Waals surface area contributed by atoms with E-state index in [0.717, 1.165) is 48.6 Å². The molecule has 0 bridgehead atoms. The summed E-state index contributed by atoms with van der Waals surface area (Å²) in [6, 6.07) is 8.98. The van der Waals surface area contributed by atoms with E-state index in [1.54, 1.807) is 0 Å². The lowest BCUT2D eigenvalue weighted by atomic mass is 10.0. The molecule has 1 aliphatic rings. The van der Waals surface area contributed by atoms with Crippen LogP contribution in [0.2, 0.25) is 0 Å². The fraction of sp³-hybridized carbons (Fsp3) is 0.267. The lowest BCUT2D eigenvalue weighted by Crippen LogP contribution is -2.24. The third-order valence-corrected chi connectivity index (χ3v) is 3.43. The van der Waals surface area contributed by atoms with Crippen LogP contribution in [-0.4, -0.2) is 11.5 Å². The summed E-state index contributed by atoms with van der Waals surface area (Å²) in [5.41, 5.74) is 2.98. The Hall–Kier alpha value is -1.30. The van der Waals surface area contributed by atoms with Gasteiger partial charge >= 0.3 is 6.18 Å². The summed E-state index contributed by atoms with van der Waals surface area (Å²) < 4.78 is 37.6. The van der Waals surface area contributed by atoms with E-state index < -0.39 is 11.7 Å². The first kappa shape index (κ1) is 18.7. The first-order valence-corrected chi connectivity index (χ1v) is 6.41. The van der Waals surface area contributed by atoms with Gasteiger partial charge in [0.2, 0.25) is 0 Å². The van der Waals surface area contributed by atoms with Crippen molar-refractivity contribution in [3.05, 3.63) is 53.2 Å². The molecular formula is C15H15Cl2F3N2. The van der Waals surface area contributed by atoms with Crippen LogP contribution in [0.5, 0.6) is 0 Å². The van der Waals surface area contributed by atoms with Crippen LogP contribution >= 0.6 is 24.8 Å². The van der Waals surface area contributed by atoms with E-state index in [0.29, 0.717) is 5.56 Å². The van der Waals surface area contributed by atoms with Gasteiger partial charge in [-0.05, 0) is 23.8 Å². The van der Waals surface area contributed by atoms with Gasteiger partial charge in [0.15, 0.2) is 0 Å². The van der Waals surface area contributed by atoms with Gasteiger partial charge in [-0.3, -0.25) is 4.98 Å². The van der Waals surface area contributed by atoms with E-state index >= 15 is 0 Å². The molecule has 0 saturated heterocycles. The second-order valence-corrected chi connectivity index (χ2v) is 4.80. The summed E-state index contributed by atoms with van der Waals surface area (Å²) in [5, 5.41) is 3.26. The number of hydrogen-bond acceptors (Lipinski definition) is 2. The highest BCUT2D eigenvalue weighted by Gasteiger charge is 2.30. The van der Waals surface area contributed by atoms with Crippen molar-refractivity contribution in [3.63, 3.8) is 0 Å². The predicted octanol–water partition coefficient (Wildman–Crippen LogP) is 4.26. The average molecular weight is 351 g/mol. The van der Waals surface area contributed by atoms with Crippen LogP contribution in [0.1, 0.15) is 16.8 Å². The number of nitrogens with zero attached hydrogens (tertiary/aromatic N) is 1. The number of alkyl halides is 3. The highest BCUT2D eigenvalue weighted by molar-refractivity contribution is 5.85. The van der Waals surface area contributed by atoms with Gasteiger partial charge in [-0.1, -0.05) is 18.2 Å². The molecule has 22 heavy (non-hydrogen) atoms. The van der Waals surface area contributed by atoms with E-state index in [1.807, 2.05) is 12.1 Å². The first-order chi connectivity index (χ1) is 9.54. The molecule has 1 N–H and O–H groups in total. The highest BCUT2D eigenvalue weighted by atomic mass is 35.5. The van der Waals surface area contributed by atoms with Gasteiger partial charge in [-0.15, -0.1) is 24.8 Å². The topological polar surface area (TPSA) is 24.9 Å². The Labute approximate surface area is 139 Å². The number of halogens is 5. The maximum absolute atomic E-state index is 12.5. The van der Waals surface area contributed by atoms with Crippen LogP contribution in [0.3, 0.4) is 0 Å². The van der Waals surface area contributed by atoms with Gasteiger partial charge < -0.3 is 5.32 Å². The van der Waals surface area contributed by atoms with Crippen molar-refractivity contribution < 1.29 is 13.2 Å².